The lowest BCUT2D eigenvalue weighted by Crippen LogP contribution is -2.31. The van der Waals surface area contributed by atoms with Crippen molar-refractivity contribution in [2.45, 2.75) is 6.42 Å². The van der Waals surface area contributed by atoms with E-state index in [0.29, 0.717) is 5.69 Å². The Kier molecular flexibility index (Phi) is 4.86. The number of nitrogens with zero attached hydrogens (tertiary/aromatic N) is 5. The van der Waals surface area contributed by atoms with Gasteiger partial charge in [-0.25, -0.2) is 4.98 Å². The zero-order chi connectivity index (χ0) is 21.0. The average molecular weight is 407 g/mol. The fourth-order valence-corrected chi connectivity index (χ4v) is 3.27. The van der Waals surface area contributed by atoms with Gasteiger partial charge in [0.25, 0.3) is 5.95 Å². The maximum atomic E-state index is 12.3. The van der Waals surface area contributed by atoms with Crippen molar-refractivity contribution in [1.29, 1.82) is 0 Å². The molecule has 3 heterocycles. The molecule has 0 saturated carbocycles. The van der Waals surface area contributed by atoms with E-state index in [1.165, 1.54) is 0 Å². The van der Waals surface area contributed by atoms with Crippen molar-refractivity contribution >= 4 is 33.7 Å². The zero-order valence-corrected chi connectivity index (χ0v) is 16.4. The van der Waals surface area contributed by atoms with Gasteiger partial charge >= 0.3 is 0 Å². The van der Waals surface area contributed by atoms with E-state index in [2.05, 4.69) is 36.0 Å². The van der Waals surface area contributed by atoms with Gasteiger partial charge in [-0.05, 0) is 35.9 Å². The number of para-hydroxylation sites is 1. The van der Waals surface area contributed by atoms with Gasteiger partial charge in [0.05, 0.1) is 23.7 Å². The monoisotopic (exact) mass is 407 g/mol. The second-order valence-electron chi connectivity index (χ2n) is 6.96. The summed E-state index contributed by atoms with van der Waals surface area (Å²) in [6.45, 7) is 0. The summed E-state index contributed by atoms with van der Waals surface area (Å²) in [6.07, 6.45) is 5.28. The number of carbonyl (C=O) groups is 1. The van der Waals surface area contributed by atoms with Crippen LogP contribution in [0, 0.1) is 0 Å². The highest BCUT2D eigenvalue weighted by molar-refractivity contribution is 5.84. The minimum Gasteiger partial charge on any atom is -0.273 e. The van der Waals surface area contributed by atoms with Gasteiger partial charge in [0.15, 0.2) is 0 Å². The van der Waals surface area contributed by atoms with Crippen LogP contribution < -0.4 is 10.9 Å². The number of rotatable bonds is 5. The molecular weight excluding hydrogens is 390 g/mol. The molecule has 0 aliphatic rings. The number of benzene rings is 2. The van der Waals surface area contributed by atoms with Crippen molar-refractivity contribution < 1.29 is 4.79 Å². The molecule has 5 aromatic rings. The Bertz CT molecular complexity index is 1390. The molecule has 0 radical (unpaired) electrons. The molecule has 8 nitrogen and oxygen atoms in total. The van der Waals surface area contributed by atoms with Crippen LogP contribution >= 0.6 is 0 Å². The van der Waals surface area contributed by atoms with Crippen LogP contribution in [0.25, 0.3) is 33.1 Å². The highest BCUT2D eigenvalue weighted by Crippen LogP contribution is 2.20. The van der Waals surface area contributed by atoms with E-state index < -0.39 is 0 Å². The third-order valence-electron chi connectivity index (χ3n) is 4.79. The number of hydrazine groups is 1. The molecular formula is C23H17N7O. The first kappa shape index (κ1) is 18.6. The molecule has 2 N–H and O–H groups in total. The molecule has 8 heteroatoms. The minimum absolute atomic E-state index is 0.202. The van der Waals surface area contributed by atoms with E-state index in [0.717, 1.165) is 32.9 Å². The SMILES string of the molecule is O=C(Cc1ccc2ncccc2c1)NNc1ncc(-c2cnc3ccccc3c2)nn1. The molecule has 0 aliphatic carbocycles. The van der Waals surface area contributed by atoms with Crippen LogP contribution in [0.4, 0.5) is 5.95 Å². The molecule has 0 bridgehead atoms. The Morgan fingerprint density at radius 1 is 0.806 bits per heavy atom. The number of nitrogens with one attached hydrogen (secondary N) is 2. The summed E-state index contributed by atoms with van der Waals surface area (Å²) in [6, 6.07) is 19.4. The molecule has 150 valence electrons. The Balaban J connectivity index is 1.22. The fraction of sp³-hybridized carbons (Fsp3) is 0.0435. The van der Waals surface area contributed by atoms with E-state index in [4.69, 9.17) is 0 Å². The summed E-state index contributed by atoms with van der Waals surface area (Å²) < 4.78 is 0. The number of hydrogen-bond donors (Lipinski definition) is 2. The normalized spacial score (nSPS) is 10.8. The summed E-state index contributed by atoms with van der Waals surface area (Å²) in [5.41, 5.74) is 9.41. The fourth-order valence-electron chi connectivity index (χ4n) is 3.27. The summed E-state index contributed by atoms with van der Waals surface area (Å²) in [7, 11) is 0. The summed E-state index contributed by atoms with van der Waals surface area (Å²) in [5.74, 6) is -0.0109. The van der Waals surface area contributed by atoms with Gasteiger partial charge in [0.1, 0.15) is 5.69 Å². The van der Waals surface area contributed by atoms with Crippen LogP contribution in [0.1, 0.15) is 5.56 Å². The van der Waals surface area contributed by atoms with E-state index >= 15 is 0 Å². The summed E-state index contributed by atoms with van der Waals surface area (Å²) >= 11 is 0. The average Bonchev–Trinajstić information content (AvgIpc) is 2.83. The summed E-state index contributed by atoms with van der Waals surface area (Å²) in [5, 5.41) is 10.2. The minimum atomic E-state index is -0.213. The largest absolute Gasteiger partial charge is 0.273 e. The second kappa shape index (κ2) is 8.11. The predicted molar refractivity (Wildman–Crippen MR) is 118 cm³/mol. The van der Waals surface area contributed by atoms with Gasteiger partial charge in [-0.2, -0.15) is 0 Å². The Labute approximate surface area is 177 Å². The molecule has 0 spiro atoms. The molecule has 2 aromatic carbocycles. The summed E-state index contributed by atoms with van der Waals surface area (Å²) in [4.78, 5) is 25.2. The smallest absolute Gasteiger partial charge is 0.261 e. The first-order chi connectivity index (χ1) is 15.2. The molecule has 0 unspecified atom stereocenters. The van der Waals surface area contributed by atoms with Crippen molar-refractivity contribution in [3.63, 3.8) is 0 Å². The molecule has 5 rings (SSSR count). The number of fused-ring (bicyclic) bond motifs is 2. The number of anilines is 1. The van der Waals surface area contributed by atoms with Gasteiger partial charge in [0, 0.05) is 28.7 Å². The Morgan fingerprint density at radius 2 is 1.65 bits per heavy atom. The van der Waals surface area contributed by atoms with Gasteiger partial charge < -0.3 is 0 Å². The standard InChI is InChI=1S/C23H17N7O/c31-22(11-15-7-8-20-16(10-15)5-3-9-24-20)28-30-23-26-14-21(27-29-23)18-12-17-4-1-2-6-19(17)25-13-18/h1-10,12-14H,11H2,(H,28,31)(H,26,29,30). The van der Waals surface area contributed by atoms with E-state index in [1.54, 1.807) is 18.6 Å². The highest BCUT2D eigenvalue weighted by Gasteiger charge is 2.07. The highest BCUT2D eigenvalue weighted by atomic mass is 16.2. The van der Waals surface area contributed by atoms with Gasteiger partial charge in [-0.1, -0.05) is 30.3 Å². The van der Waals surface area contributed by atoms with Crippen molar-refractivity contribution in [3.05, 3.63) is 84.8 Å². The first-order valence-corrected chi connectivity index (χ1v) is 9.68. The lowest BCUT2D eigenvalue weighted by Gasteiger charge is -2.08. The lowest BCUT2D eigenvalue weighted by molar-refractivity contribution is -0.119. The quantitative estimate of drug-likeness (QED) is 0.431. The molecule has 0 fully saturated rings. The van der Waals surface area contributed by atoms with Crippen LogP contribution in [-0.2, 0) is 11.2 Å². The van der Waals surface area contributed by atoms with Gasteiger partial charge in [-0.15, -0.1) is 10.2 Å². The number of pyridine rings is 2. The third kappa shape index (κ3) is 4.13. The zero-order valence-electron chi connectivity index (χ0n) is 16.4. The van der Waals surface area contributed by atoms with E-state index in [1.807, 2.05) is 60.7 Å². The number of amides is 1. The van der Waals surface area contributed by atoms with Crippen molar-refractivity contribution in [3.8, 4) is 11.3 Å². The second-order valence-corrected chi connectivity index (χ2v) is 6.96. The van der Waals surface area contributed by atoms with Crippen LogP contribution in [0.3, 0.4) is 0 Å². The topological polar surface area (TPSA) is 106 Å². The lowest BCUT2D eigenvalue weighted by atomic mass is 10.1. The van der Waals surface area contributed by atoms with E-state index in [-0.39, 0.29) is 18.3 Å². The predicted octanol–water partition coefficient (Wildman–Crippen LogP) is 3.32. The molecule has 0 saturated heterocycles. The van der Waals surface area contributed by atoms with Crippen LogP contribution in [0.15, 0.2) is 79.3 Å². The number of aromatic nitrogens is 5. The molecule has 1 amide bonds. The first-order valence-electron chi connectivity index (χ1n) is 9.68. The van der Waals surface area contributed by atoms with Gasteiger partial charge in [-0.3, -0.25) is 25.6 Å². The third-order valence-corrected chi connectivity index (χ3v) is 4.79. The van der Waals surface area contributed by atoms with Crippen molar-refractivity contribution in [2.75, 3.05) is 5.43 Å². The van der Waals surface area contributed by atoms with Crippen molar-refractivity contribution in [1.82, 2.24) is 30.6 Å². The number of hydrogen-bond acceptors (Lipinski definition) is 7. The van der Waals surface area contributed by atoms with Crippen LogP contribution in [-0.4, -0.2) is 31.1 Å². The molecule has 3 aromatic heterocycles. The number of carbonyl (C=O) groups excluding carboxylic acids is 1. The molecule has 0 atom stereocenters. The Morgan fingerprint density at radius 3 is 2.55 bits per heavy atom. The Hall–Kier alpha value is -4.46. The van der Waals surface area contributed by atoms with Crippen LogP contribution in [0.5, 0.6) is 0 Å². The van der Waals surface area contributed by atoms with Crippen molar-refractivity contribution in [2.24, 2.45) is 0 Å². The van der Waals surface area contributed by atoms with Crippen LogP contribution in [0.2, 0.25) is 0 Å². The maximum Gasteiger partial charge on any atom is 0.261 e. The molecule has 31 heavy (non-hydrogen) atoms. The maximum absolute atomic E-state index is 12.3. The van der Waals surface area contributed by atoms with E-state index in [9.17, 15) is 4.79 Å². The van der Waals surface area contributed by atoms with Gasteiger partial charge in [0.2, 0.25) is 5.91 Å². The molecule has 0 aliphatic heterocycles.